The second kappa shape index (κ2) is 11.8. The van der Waals surface area contributed by atoms with Crippen LogP contribution in [0.2, 0.25) is 0 Å². The van der Waals surface area contributed by atoms with Crippen molar-refractivity contribution in [1.82, 2.24) is 19.9 Å². The molecule has 11 heteroatoms. The van der Waals surface area contributed by atoms with Gasteiger partial charge in [0.15, 0.2) is 5.82 Å². The van der Waals surface area contributed by atoms with Crippen molar-refractivity contribution < 1.29 is 28.5 Å². The lowest BCUT2D eigenvalue weighted by molar-refractivity contribution is 0.0231. The van der Waals surface area contributed by atoms with Gasteiger partial charge in [-0.15, -0.1) is 0 Å². The van der Waals surface area contributed by atoms with Crippen LogP contribution in [-0.2, 0) is 11.2 Å². The van der Waals surface area contributed by atoms with E-state index in [1.165, 1.54) is 12.1 Å². The second-order valence-corrected chi connectivity index (χ2v) is 13.6. The van der Waals surface area contributed by atoms with Gasteiger partial charge in [0.05, 0.1) is 36.5 Å². The van der Waals surface area contributed by atoms with Crippen LogP contribution in [0.3, 0.4) is 0 Å². The first-order valence-electron chi connectivity index (χ1n) is 16.3. The van der Waals surface area contributed by atoms with Gasteiger partial charge in [-0.1, -0.05) is 13.0 Å². The number of β-amino-alcohol motifs (C(OH)–C–C–N with tert-alkyl or cyclic N) is 1. The molecule has 2 N–H and O–H groups in total. The molecule has 1 aliphatic carbocycles. The van der Waals surface area contributed by atoms with Crippen LogP contribution in [0.15, 0.2) is 24.3 Å². The van der Waals surface area contributed by atoms with E-state index in [1.807, 2.05) is 11.8 Å². The number of aryl methyl sites for hydroxylation is 2. The van der Waals surface area contributed by atoms with E-state index in [4.69, 9.17) is 19.4 Å². The summed E-state index contributed by atoms with van der Waals surface area (Å²) in [6.45, 7) is 10.9. The summed E-state index contributed by atoms with van der Waals surface area (Å²) in [5.74, 6) is -0.712. The van der Waals surface area contributed by atoms with Gasteiger partial charge in [-0.2, -0.15) is 9.97 Å². The van der Waals surface area contributed by atoms with E-state index in [9.17, 15) is 10.2 Å². The maximum absolute atomic E-state index is 16.9. The normalized spacial score (nSPS) is 21.7. The fourth-order valence-corrected chi connectivity index (χ4v) is 7.19. The smallest absolute Gasteiger partial charge is 0.319 e. The third kappa shape index (κ3) is 5.84. The van der Waals surface area contributed by atoms with Gasteiger partial charge in [0.25, 0.3) is 0 Å². The number of morpholine rings is 1. The Hall–Kier alpha value is -3.67. The molecular formula is C35H41F2N5O4. The van der Waals surface area contributed by atoms with E-state index < -0.39 is 17.2 Å². The van der Waals surface area contributed by atoms with Crippen LogP contribution in [0.4, 0.5) is 14.6 Å². The van der Waals surface area contributed by atoms with Crippen LogP contribution in [-0.4, -0.2) is 88.2 Å². The maximum Gasteiger partial charge on any atom is 0.319 e. The Morgan fingerprint density at radius 3 is 2.52 bits per heavy atom. The molecule has 0 spiro atoms. The summed E-state index contributed by atoms with van der Waals surface area (Å²) in [7, 11) is 0. The van der Waals surface area contributed by atoms with E-state index in [0.29, 0.717) is 71.3 Å². The summed E-state index contributed by atoms with van der Waals surface area (Å²) in [5.41, 5.74) is 0.256. The monoisotopic (exact) mass is 633 g/mol. The van der Waals surface area contributed by atoms with Crippen molar-refractivity contribution in [2.24, 2.45) is 5.41 Å². The number of phenols is 1. The summed E-state index contributed by atoms with van der Waals surface area (Å²) in [4.78, 5) is 18.5. The molecule has 4 heterocycles. The molecule has 3 fully saturated rings. The lowest BCUT2D eigenvalue weighted by Crippen LogP contribution is -2.46. The van der Waals surface area contributed by atoms with Gasteiger partial charge < -0.3 is 24.6 Å². The number of ether oxygens (including phenoxy) is 2. The molecule has 244 valence electrons. The fraction of sp³-hybridized carbons (Fsp3) is 0.514. The van der Waals surface area contributed by atoms with E-state index in [2.05, 4.69) is 9.88 Å². The summed E-state index contributed by atoms with van der Waals surface area (Å²) >= 11 is 0. The van der Waals surface area contributed by atoms with Crippen molar-refractivity contribution in [3.05, 3.63) is 47.2 Å². The van der Waals surface area contributed by atoms with Crippen LogP contribution < -0.4 is 9.64 Å². The molecule has 3 aliphatic rings. The second-order valence-electron chi connectivity index (χ2n) is 13.6. The molecule has 0 amide bonds. The number of hydrogen-bond donors (Lipinski definition) is 2. The van der Waals surface area contributed by atoms with Crippen molar-refractivity contribution >= 4 is 27.5 Å². The number of fused-ring (bicyclic) bond motifs is 2. The Balaban J connectivity index is 1.35. The van der Waals surface area contributed by atoms with Gasteiger partial charge in [0, 0.05) is 43.7 Å². The lowest BCUT2D eigenvalue weighted by Gasteiger charge is -2.38. The lowest BCUT2D eigenvalue weighted by atomic mass is 9.93. The molecule has 2 saturated heterocycles. The summed E-state index contributed by atoms with van der Waals surface area (Å²) < 4.78 is 43.8. The van der Waals surface area contributed by atoms with E-state index in [-0.39, 0.29) is 28.4 Å². The number of pyridine rings is 1. The minimum Gasteiger partial charge on any atom is -0.508 e. The van der Waals surface area contributed by atoms with Crippen LogP contribution >= 0.6 is 0 Å². The third-order valence-electron chi connectivity index (χ3n) is 9.79. The highest BCUT2D eigenvalue weighted by molar-refractivity contribution is 6.02. The van der Waals surface area contributed by atoms with Crippen molar-refractivity contribution in [3.8, 4) is 23.0 Å². The SMILES string of the molecule is CCc1c(F)ccc2cc(O)cc(-c3nc(C)c4c(N5CCCC(C)(O)C5)nc(OCC5(CN6CCOCC6)CC5)nc4c3F)c12. The number of anilines is 1. The van der Waals surface area contributed by atoms with Crippen molar-refractivity contribution in [2.45, 2.75) is 58.5 Å². The quantitative estimate of drug-likeness (QED) is 0.259. The number of phenolic OH excluding ortho intramolecular Hbond substituents is 1. The minimum atomic E-state index is -0.937. The number of halogens is 2. The first-order valence-corrected chi connectivity index (χ1v) is 16.3. The number of benzene rings is 2. The maximum atomic E-state index is 16.9. The van der Waals surface area contributed by atoms with Gasteiger partial charge in [-0.05, 0) is 80.5 Å². The predicted octanol–water partition coefficient (Wildman–Crippen LogP) is 5.54. The van der Waals surface area contributed by atoms with Gasteiger partial charge in [0.1, 0.15) is 28.6 Å². The molecule has 46 heavy (non-hydrogen) atoms. The van der Waals surface area contributed by atoms with Gasteiger partial charge in [-0.25, -0.2) is 13.8 Å². The molecule has 7 rings (SSSR count). The van der Waals surface area contributed by atoms with E-state index in [0.717, 1.165) is 52.1 Å². The molecule has 2 aromatic carbocycles. The summed E-state index contributed by atoms with van der Waals surface area (Å²) in [6.07, 6.45) is 3.83. The Morgan fingerprint density at radius 2 is 1.80 bits per heavy atom. The zero-order valence-electron chi connectivity index (χ0n) is 26.7. The highest BCUT2D eigenvalue weighted by Gasteiger charge is 2.45. The molecule has 2 aliphatic heterocycles. The molecule has 4 aromatic rings. The summed E-state index contributed by atoms with van der Waals surface area (Å²) in [6, 6.07) is 5.99. The largest absolute Gasteiger partial charge is 0.508 e. The van der Waals surface area contributed by atoms with E-state index in [1.54, 1.807) is 26.0 Å². The van der Waals surface area contributed by atoms with Crippen molar-refractivity contribution in [3.63, 3.8) is 0 Å². The zero-order chi connectivity index (χ0) is 32.2. The number of hydrogen-bond acceptors (Lipinski definition) is 9. The molecule has 1 saturated carbocycles. The number of aromatic nitrogens is 3. The van der Waals surface area contributed by atoms with Crippen LogP contribution in [0.1, 0.15) is 50.8 Å². The Bertz CT molecular complexity index is 1810. The predicted molar refractivity (Wildman–Crippen MR) is 172 cm³/mol. The number of aliphatic hydroxyl groups is 1. The average molecular weight is 634 g/mol. The van der Waals surface area contributed by atoms with Crippen molar-refractivity contribution in [1.29, 1.82) is 0 Å². The van der Waals surface area contributed by atoms with Crippen LogP contribution in [0, 0.1) is 24.0 Å². The Kier molecular flexibility index (Phi) is 7.97. The highest BCUT2D eigenvalue weighted by atomic mass is 19.1. The number of nitrogens with zero attached hydrogens (tertiary/aromatic N) is 5. The number of rotatable bonds is 8. The van der Waals surface area contributed by atoms with Crippen LogP contribution in [0.5, 0.6) is 11.8 Å². The molecule has 2 aromatic heterocycles. The van der Waals surface area contributed by atoms with Gasteiger partial charge in [-0.3, -0.25) is 4.90 Å². The minimum absolute atomic E-state index is 0.0103. The molecular weight excluding hydrogens is 592 g/mol. The van der Waals surface area contributed by atoms with Gasteiger partial charge in [0.2, 0.25) is 0 Å². The molecule has 1 atom stereocenters. The highest BCUT2D eigenvalue weighted by Crippen LogP contribution is 2.47. The van der Waals surface area contributed by atoms with E-state index >= 15 is 8.78 Å². The molecule has 0 radical (unpaired) electrons. The van der Waals surface area contributed by atoms with Gasteiger partial charge >= 0.3 is 6.01 Å². The third-order valence-corrected chi connectivity index (χ3v) is 9.79. The summed E-state index contributed by atoms with van der Waals surface area (Å²) in [5, 5.41) is 23.1. The van der Waals surface area contributed by atoms with Crippen LogP contribution in [0.25, 0.3) is 32.9 Å². The molecule has 1 unspecified atom stereocenters. The molecule has 0 bridgehead atoms. The topological polar surface area (TPSA) is 104 Å². The Morgan fingerprint density at radius 1 is 1.02 bits per heavy atom. The number of aromatic hydroxyl groups is 1. The average Bonchev–Trinajstić information content (AvgIpc) is 3.80. The standard InChI is InChI=1S/C35H41F2N5O4/c1-4-24-26(36)7-6-22-16-23(43)17-25(28(22)24)30-29(37)31-27(21(2)38-30)32(42-11-5-8-34(3,44)18-42)40-33(39-31)46-20-35(9-10-35)19-41-12-14-45-15-13-41/h6-7,16-17,43-44H,4-5,8-15,18-20H2,1-3H3. The fourth-order valence-electron chi connectivity index (χ4n) is 7.19. The van der Waals surface area contributed by atoms with Crippen molar-refractivity contribution in [2.75, 3.05) is 57.4 Å². The number of piperidine rings is 1. The molecule has 9 nitrogen and oxygen atoms in total. The first kappa shape index (κ1) is 31.0. The first-order chi connectivity index (χ1) is 22.1. The zero-order valence-corrected chi connectivity index (χ0v) is 26.7. The Labute approximate surface area is 267 Å².